The first-order chi connectivity index (χ1) is 8.97. The number of pyridine rings is 1. The average molecular weight is 329 g/mol. The molecule has 0 saturated carbocycles. The molecule has 6 heteroatoms. The van der Waals surface area contributed by atoms with Gasteiger partial charge in [0.25, 0.3) is 0 Å². The van der Waals surface area contributed by atoms with Gasteiger partial charge in [-0.25, -0.2) is 8.78 Å². The van der Waals surface area contributed by atoms with Crippen molar-refractivity contribution in [1.29, 1.82) is 0 Å². The molecule has 0 amide bonds. The number of rotatable bonds is 3. The zero-order valence-electron chi connectivity index (χ0n) is 10.0. The van der Waals surface area contributed by atoms with Crippen LogP contribution in [0.25, 0.3) is 0 Å². The molecule has 2 aromatic rings. The third-order valence-electron chi connectivity index (χ3n) is 2.53. The van der Waals surface area contributed by atoms with Gasteiger partial charge in [-0.1, -0.05) is 0 Å². The number of aromatic hydroxyl groups is 1. The molecule has 0 aliphatic rings. The molecule has 0 bridgehead atoms. The van der Waals surface area contributed by atoms with Crippen LogP contribution in [0.1, 0.15) is 11.4 Å². The van der Waals surface area contributed by atoms with E-state index in [0.717, 1.165) is 17.8 Å². The predicted molar refractivity (Wildman–Crippen MR) is 72.0 cm³/mol. The number of benzene rings is 1. The van der Waals surface area contributed by atoms with Gasteiger partial charge in [0.2, 0.25) is 0 Å². The zero-order valence-corrected chi connectivity index (χ0v) is 11.6. The topological polar surface area (TPSA) is 45.1 Å². The van der Waals surface area contributed by atoms with Gasteiger partial charge in [0.05, 0.1) is 12.2 Å². The molecule has 3 nitrogen and oxygen atoms in total. The molecule has 0 aliphatic carbocycles. The van der Waals surface area contributed by atoms with Crippen LogP contribution in [-0.4, -0.2) is 10.1 Å². The molecule has 2 N–H and O–H groups in total. The average Bonchev–Trinajstić information content (AvgIpc) is 2.32. The first kappa shape index (κ1) is 13.7. The summed E-state index contributed by atoms with van der Waals surface area (Å²) in [5, 5.41) is 12.4. The van der Waals surface area contributed by atoms with E-state index in [9.17, 15) is 13.9 Å². The fourth-order valence-corrected chi connectivity index (χ4v) is 2.16. The molecule has 0 radical (unpaired) electrons. The summed E-state index contributed by atoms with van der Waals surface area (Å²) in [5.74, 6) is -1.35. The van der Waals surface area contributed by atoms with Crippen molar-refractivity contribution in [2.45, 2.75) is 13.5 Å². The van der Waals surface area contributed by atoms with Crippen LogP contribution in [0.2, 0.25) is 0 Å². The van der Waals surface area contributed by atoms with E-state index in [2.05, 4.69) is 26.2 Å². The number of hydrogen-bond acceptors (Lipinski definition) is 3. The van der Waals surface area contributed by atoms with Gasteiger partial charge in [-0.2, -0.15) is 0 Å². The van der Waals surface area contributed by atoms with Gasteiger partial charge in [-0.3, -0.25) is 4.98 Å². The van der Waals surface area contributed by atoms with E-state index in [0.29, 0.717) is 5.69 Å². The largest absolute Gasteiger partial charge is 0.506 e. The molecule has 0 aliphatic heterocycles. The summed E-state index contributed by atoms with van der Waals surface area (Å²) in [6, 6.07) is 5.15. The fourth-order valence-electron chi connectivity index (χ4n) is 1.62. The Balaban J connectivity index is 2.21. The molecule has 19 heavy (non-hydrogen) atoms. The Labute approximate surface area is 117 Å². The van der Waals surface area contributed by atoms with E-state index < -0.39 is 11.6 Å². The highest BCUT2D eigenvalue weighted by Gasteiger charge is 2.11. The Morgan fingerprint density at radius 2 is 2.05 bits per heavy atom. The van der Waals surface area contributed by atoms with Crippen molar-refractivity contribution in [2.75, 3.05) is 5.32 Å². The fraction of sp³-hybridized carbons (Fsp3) is 0.154. The number of aryl methyl sites for hydroxylation is 1. The summed E-state index contributed by atoms with van der Waals surface area (Å²) in [6.07, 6.45) is 0. The predicted octanol–water partition coefficient (Wildman–Crippen LogP) is 3.75. The second-order valence-corrected chi connectivity index (χ2v) is 4.87. The van der Waals surface area contributed by atoms with Crippen molar-refractivity contribution in [1.82, 2.24) is 4.98 Å². The van der Waals surface area contributed by atoms with E-state index >= 15 is 0 Å². The van der Waals surface area contributed by atoms with Crippen molar-refractivity contribution in [3.63, 3.8) is 0 Å². The molecule has 100 valence electrons. The summed E-state index contributed by atoms with van der Waals surface area (Å²) in [7, 11) is 0. The number of anilines is 1. The number of nitrogens with zero attached hydrogens (tertiary/aromatic N) is 1. The summed E-state index contributed by atoms with van der Waals surface area (Å²) in [6.45, 7) is 1.92. The van der Waals surface area contributed by atoms with Crippen molar-refractivity contribution in [3.8, 4) is 5.75 Å². The summed E-state index contributed by atoms with van der Waals surface area (Å²) >= 11 is 3.08. The highest BCUT2D eigenvalue weighted by atomic mass is 79.9. The smallest absolute Gasteiger partial charge is 0.150 e. The molecule has 0 unspecified atom stereocenters. The number of hydrogen-bond donors (Lipinski definition) is 2. The zero-order chi connectivity index (χ0) is 14.0. The van der Waals surface area contributed by atoms with Gasteiger partial charge >= 0.3 is 0 Å². The van der Waals surface area contributed by atoms with Crippen LogP contribution in [0.5, 0.6) is 5.75 Å². The molecular weight excluding hydrogens is 318 g/mol. The second-order valence-electron chi connectivity index (χ2n) is 4.02. The van der Waals surface area contributed by atoms with E-state index in [-0.39, 0.29) is 22.5 Å². The Morgan fingerprint density at radius 1 is 1.32 bits per heavy atom. The summed E-state index contributed by atoms with van der Waals surface area (Å²) in [5.41, 5.74) is 1.27. The van der Waals surface area contributed by atoms with Crippen molar-refractivity contribution < 1.29 is 13.9 Å². The summed E-state index contributed by atoms with van der Waals surface area (Å²) < 4.78 is 26.8. The van der Waals surface area contributed by atoms with Gasteiger partial charge in [0.15, 0.2) is 0 Å². The quantitative estimate of drug-likeness (QED) is 0.901. The first-order valence-corrected chi connectivity index (χ1v) is 6.30. The molecule has 1 heterocycles. The SMILES string of the molecule is Cc1ccc(O)c(CNc2c(F)cc(F)cc2Br)n1. The van der Waals surface area contributed by atoms with Crippen molar-refractivity contribution >= 4 is 21.6 Å². The van der Waals surface area contributed by atoms with Gasteiger partial charge in [0.1, 0.15) is 23.1 Å². The molecule has 1 aromatic heterocycles. The van der Waals surface area contributed by atoms with Crippen LogP contribution in [0.3, 0.4) is 0 Å². The summed E-state index contributed by atoms with van der Waals surface area (Å²) in [4.78, 5) is 4.14. The minimum absolute atomic E-state index is 0.0248. The molecule has 0 spiro atoms. The number of halogens is 3. The maximum atomic E-state index is 13.6. The number of aromatic nitrogens is 1. The lowest BCUT2D eigenvalue weighted by Gasteiger charge is -2.11. The monoisotopic (exact) mass is 328 g/mol. The third-order valence-corrected chi connectivity index (χ3v) is 3.15. The lowest BCUT2D eigenvalue weighted by molar-refractivity contribution is 0.464. The highest BCUT2D eigenvalue weighted by molar-refractivity contribution is 9.10. The molecular formula is C13H11BrF2N2O. The maximum absolute atomic E-state index is 13.6. The maximum Gasteiger partial charge on any atom is 0.150 e. The van der Waals surface area contributed by atoms with Gasteiger partial charge in [-0.05, 0) is 41.1 Å². The van der Waals surface area contributed by atoms with E-state index in [1.165, 1.54) is 6.07 Å². The van der Waals surface area contributed by atoms with Crippen LogP contribution < -0.4 is 5.32 Å². The van der Waals surface area contributed by atoms with E-state index in [1.807, 2.05) is 0 Å². The molecule has 0 atom stereocenters. The Hall–Kier alpha value is -1.69. The van der Waals surface area contributed by atoms with Crippen LogP contribution in [0.15, 0.2) is 28.7 Å². The Morgan fingerprint density at radius 3 is 2.74 bits per heavy atom. The first-order valence-electron chi connectivity index (χ1n) is 5.51. The molecule has 2 rings (SSSR count). The van der Waals surface area contributed by atoms with Gasteiger partial charge in [-0.15, -0.1) is 0 Å². The molecule has 1 aromatic carbocycles. The molecule has 0 saturated heterocycles. The van der Waals surface area contributed by atoms with Crippen molar-refractivity contribution in [2.24, 2.45) is 0 Å². The van der Waals surface area contributed by atoms with E-state index in [4.69, 9.17) is 0 Å². The van der Waals surface area contributed by atoms with E-state index in [1.54, 1.807) is 13.0 Å². The van der Waals surface area contributed by atoms with Crippen LogP contribution in [0.4, 0.5) is 14.5 Å². The lowest BCUT2D eigenvalue weighted by atomic mass is 10.2. The lowest BCUT2D eigenvalue weighted by Crippen LogP contribution is -2.05. The minimum Gasteiger partial charge on any atom is -0.506 e. The molecule has 0 fully saturated rings. The second kappa shape index (κ2) is 5.52. The normalized spacial score (nSPS) is 10.5. The number of nitrogens with one attached hydrogen (secondary N) is 1. The highest BCUT2D eigenvalue weighted by Crippen LogP contribution is 2.28. The van der Waals surface area contributed by atoms with Gasteiger partial charge < -0.3 is 10.4 Å². The standard InChI is InChI=1S/C13H11BrF2N2O/c1-7-2-3-12(19)11(18-7)6-17-13-9(14)4-8(15)5-10(13)16/h2-5,17,19H,6H2,1H3. The minimum atomic E-state index is -0.709. The van der Waals surface area contributed by atoms with Crippen LogP contribution >= 0.6 is 15.9 Å². The Kier molecular flexibility index (Phi) is 3.99. The van der Waals surface area contributed by atoms with Crippen LogP contribution in [-0.2, 0) is 6.54 Å². The third kappa shape index (κ3) is 3.20. The Bertz CT molecular complexity index is 597. The van der Waals surface area contributed by atoms with Crippen molar-refractivity contribution in [3.05, 3.63) is 51.8 Å². The van der Waals surface area contributed by atoms with Crippen LogP contribution in [0, 0.1) is 18.6 Å². The van der Waals surface area contributed by atoms with Gasteiger partial charge in [0, 0.05) is 16.2 Å².